The predicted octanol–water partition coefficient (Wildman–Crippen LogP) is 3.36. The van der Waals surface area contributed by atoms with Crippen molar-refractivity contribution in [3.63, 3.8) is 0 Å². The molecule has 20 heavy (non-hydrogen) atoms. The second-order valence-corrected chi connectivity index (χ2v) is 5.23. The molecule has 0 unspecified atom stereocenters. The number of nitrogens with one attached hydrogen (secondary N) is 1. The van der Waals surface area contributed by atoms with Gasteiger partial charge in [0.05, 0.1) is 0 Å². The molecule has 2 aromatic rings. The van der Waals surface area contributed by atoms with Crippen LogP contribution in [0, 0.1) is 6.92 Å². The minimum Gasteiger partial charge on any atom is -0.484 e. The summed E-state index contributed by atoms with van der Waals surface area (Å²) in [6.45, 7) is 1.92. The Kier molecular flexibility index (Phi) is 4.63. The lowest BCUT2D eigenvalue weighted by Gasteiger charge is -2.09. The van der Waals surface area contributed by atoms with E-state index in [1.54, 1.807) is 24.3 Å². The summed E-state index contributed by atoms with van der Waals surface area (Å²) in [5.74, 6) is 0.435. The molecule has 0 aliphatic heterocycles. The van der Waals surface area contributed by atoms with Crippen LogP contribution in [0.1, 0.15) is 5.56 Å². The van der Waals surface area contributed by atoms with Crippen molar-refractivity contribution >= 4 is 33.2 Å². The average Bonchev–Trinajstić information content (AvgIpc) is 2.40. The number of nitrogen functional groups attached to an aromatic ring is 1. The molecule has 0 aliphatic carbocycles. The maximum atomic E-state index is 11.8. The van der Waals surface area contributed by atoms with Gasteiger partial charge in [0.15, 0.2) is 6.61 Å². The van der Waals surface area contributed by atoms with Gasteiger partial charge in [0, 0.05) is 15.8 Å². The molecule has 2 rings (SSSR count). The van der Waals surface area contributed by atoms with E-state index in [4.69, 9.17) is 10.5 Å². The van der Waals surface area contributed by atoms with E-state index in [2.05, 4.69) is 21.2 Å². The fourth-order valence-corrected chi connectivity index (χ4v) is 1.92. The van der Waals surface area contributed by atoms with Crippen LogP contribution in [-0.2, 0) is 4.79 Å². The van der Waals surface area contributed by atoms with Gasteiger partial charge in [-0.05, 0) is 48.9 Å². The minimum absolute atomic E-state index is 0.0458. The molecule has 4 nitrogen and oxygen atoms in total. The van der Waals surface area contributed by atoms with Gasteiger partial charge in [0.2, 0.25) is 0 Å². The molecule has 0 fully saturated rings. The highest BCUT2D eigenvalue weighted by Gasteiger charge is 2.05. The summed E-state index contributed by atoms with van der Waals surface area (Å²) in [4.78, 5) is 11.8. The van der Waals surface area contributed by atoms with Gasteiger partial charge in [-0.2, -0.15) is 0 Å². The van der Waals surface area contributed by atoms with Crippen LogP contribution in [-0.4, -0.2) is 12.5 Å². The van der Waals surface area contributed by atoms with Gasteiger partial charge in [0.1, 0.15) is 5.75 Å². The summed E-state index contributed by atoms with van der Waals surface area (Å²) in [5, 5.41) is 2.73. The van der Waals surface area contributed by atoms with Gasteiger partial charge in [-0.15, -0.1) is 0 Å². The fourth-order valence-electron chi connectivity index (χ4n) is 1.67. The molecule has 104 valence electrons. The van der Waals surface area contributed by atoms with E-state index in [0.29, 0.717) is 17.1 Å². The summed E-state index contributed by atoms with van der Waals surface area (Å²) in [5.41, 5.74) is 7.96. The number of rotatable bonds is 4. The number of benzene rings is 2. The van der Waals surface area contributed by atoms with Crippen LogP contribution >= 0.6 is 15.9 Å². The molecule has 2 aromatic carbocycles. The molecule has 0 saturated heterocycles. The third kappa shape index (κ3) is 3.99. The third-order valence-electron chi connectivity index (χ3n) is 2.67. The Balaban J connectivity index is 1.90. The van der Waals surface area contributed by atoms with Crippen molar-refractivity contribution in [3.05, 3.63) is 52.5 Å². The van der Waals surface area contributed by atoms with Crippen molar-refractivity contribution in [2.24, 2.45) is 0 Å². The van der Waals surface area contributed by atoms with E-state index in [9.17, 15) is 4.79 Å². The van der Waals surface area contributed by atoms with Crippen LogP contribution in [0.2, 0.25) is 0 Å². The molecule has 0 heterocycles. The van der Waals surface area contributed by atoms with Crippen molar-refractivity contribution in [3.8, 4) is 5.75 Å². The molecule has 0 bridgehead atoms. The SMILES string of the molecule is Cc1cc(OCC(=O)Nc2cccc(N)c2)ccc1Br. The molecule has 0 radical (unpaired) electrons. The molecule has 0 aliphatic rings. The number of hydrogen-bond donors (Lipinski definition) is 2. The van der Waals surface area contributed by atoms with E-state index in [0.717, 1.165) is 10.0 Å². The van der Waals surface area contributed by atoms with Crippen molar-refractivity contribution in [1.29, 1.82) is 0 Å². The quantitative estimate of drug-likeness (QED) is 0.842. The second kappa shape index (κ2) is 6.43. The topological polar surface area (TPSA) is 64.3 Å². The number of nitrogens with two attached hydrogens (primary N) is 1. The van der Waals surface area contributed by atoms with Gasteiger partial charge >= 0.3 is 0 Å². The van der Waals surface area contributed by atoms with Gasteiger partial charge < -0.3 is 15.8 Å². The summed E-state index contributed by atoms with van der Waals surface area (Å²) in [7, 11) is 0. The van der Waals surface area contributed by atoms with E-state index in [1.165, 1.54) is 0 Å². The zero-order valence-electron chi connectivity index (χ0n) is 11.0. The smallest absolute Gasteiger partial charge is 0.262 e. The summed E-state index contributed by atoms with van der Waals surface area (Å²) < 4.78 is 6.45. The summed E-state index contributed by atoms with van der Waals surface area (Å²) in [6.07, 6.45) is 0. The second-order valence-electron chi connectivity index (χ2n) is 4.37. The van der Waals surface area contributed by atoms with Gasteiger partial charge in [-0.1, -0.05) is 22.0 Å². The first kappa shape index (κ1) is 14.4. The molecular weight excluding hydrogens is 320 g/mol. The Bertz CT molecular complexity index is 629. The lowest BCUT2D eigenvalue weighted by Crippen LogP contribution is -2.20. The van der Waals surface area contributed by atoms with E-state index in [1.807, 2.05) is 25.1 Å². The van der Waals surface area contributed by atoms with Crippen LogP contribution in [0.25, 0.3) is 0 Å². The van der Waals surface area contributed by atoms with Crippen LogP contribution in [0.5, 0.6) is 5.75 Å². The van der Waals surface area contributed by atoms with E-state index in [-0.39, 0.29) is 12.5 Å². The largest absolute Gasteiger partial charge is 0.484 e. The maximum absolute atomic E-state index is 11.8. The van der Waals surface area contributed by atoms with Crippen molar-refractivity contribution < 1.29 is 9.53 Å². The van der Waals surface area contributed by atoms with Crippen LogP contribution in [0.3, 0.4) is 0 Å². The van der Waals surface area contributed by atoms with Crippen LogP contribution in [0.15, 0.2) is 46.9 Å². The predicted molar refractivity (Wildman–Crippen MR) is 83.9 cm³/mol. The first-order valence-electron chi connectivity index (χ1n) is 6.09. The number of ether oxygens (including phenoxy) is 1. The molecular formula is C15H15BrN2O2. The van der Waals surface area contributed by atoms with Crippen LogP contribution in [0.4, 0.5) is 11.4 Å². The molecule has 0 aromatic heterocycles. The summed E-state index contributed by atoms with van der Waals surface area (Å²) >= 11 is 3.41. The number of hydrogen-bond acceptors (Lipinski definition) is 3. The first-order valence-corrected chi connectivity index (χ1v) is 6.88. The average molecular weight is 335 g/mol. The highest BCUT2D eigenvalue weighted by molar-refractivity contribution is 9.10. The van der Waals surface area contributed by atoms with Gasteiger partial charge in [0.25, 0.3) is 5.91 Å². The Morgan fingerprint density at radius 2 is 2.10 bits per heavy atom. The normalized spacial score (nSPS) is 10.1. The van der Waals surface area contributed by atoms with E-state index >= 15 is 0 Å². The molecule has 0 saturated carbocycles. The highest BCUT2D eigenvalue weighted by atomic mass is 79.9. The number of aryl methyl sites for hydroxylation is 1. The zero-order valence-corrected chi connectivity index (χ0v) is 12.6. The Morgan fingerprint density at radius 1 is 1.30 bits per heavy atom. The number of amides is 1. The van der Waals surface area contributed by atoms with E-state index < -0.39 is 0 Å². The van der Waals surface area contributed by atoms with Crippen molar-refractivity contribution in [1.82, 2.24) is 0 Å². The minimum atomic E-state index is -0.226. The number of carbonyl (C=O) groups excluding carboxylic acids is 1. The van der Waals surface area contributed by atoms with Crippen molar-refractivity contribution in [2.45, 2.75) is 6.92 Å². The Morgan fingerprint density at radius 3 is 2.80 bits per heavy atom. The third-order valence-corrected chi connectivity index (χ3v) is 3.56. The fraction of sp³-hybridized carbons (Fsp3) is 0.133. The standard InChI is InChI=1S/C15H15BrN2O2/c1-10-7-13(5-6-14(10)16)20-9-15(19)18-12-4-2-3-11(17)8-12/h2-8H,9,17H2,1H3,(H,18,19). The molecule has 1 amide bonds. The lowest BCUT2D eigenvalue weighted by atomic mass is 10.2. The maximum Gasteiger partial charge on any atom is 0.262 e. The Hall–Kier alpha value is -2.01. The molecule has 3 N–H and O–H groups in total. The van der Waals surface area contributed by atoms with Gasteiger partial charge in [-0.25, -0.2) is 0 Å². The number of anilines is 2. The van der Waals surface area contributed by atoms with Crippen molar-refractivity contribution in [2.75, 3.05) is 17.7 Å². The zero-order chi connectivity index (χ0) is 14.5. The molecule has 0 spiro atoms. The molecule has 0 atom stereocenters. The first-order chi connectivity index (χ1) is 9.54. The summed E-state index contributed by atoms with van der Waals surface area (Å²) in [6, 6.07) is 12.6. The number of carbonyl (C=O) groups is 1. The van der Waals surface area contributed by atoms with Crippen LogP contribution < -0.4 is 15.8 Å². The number of halogens is 1. The molecule has 5 heteroatoms. The Labute approximate surface area is 126 Å². The lowest BCUT2D eigenvalue weighted by molar-refractivity contribution is -0.118. The van der Waals surface area contributed by atoms with Gasteiger partial charge in [-0.3, -0.25) is 4.79 Å². The monoisotopic (exact) mass is 334 g/mol. The highest BCUT2D eigenvalue weighted by Crippen LogP contribution is 2.21.